The summed E-state index contributed by atoms with van der Waals surface area (Å²) in [5, 5.41) is 6.13. The number of hydrogen-bond acceptors (Lipinski definition) is 5. The number of nitrogens with zero attached hydrogens (tertiary/aromatic N) is 1. The van der Waals surface area contributed by atoms with E-state index in [1.807, 2.05) is 0 Å². The third kappa shape index (κ3) is 3.35. The summed E-state index contributed by atoms with van der Waals surface area (Å²) in [7, 11) is 0. The number of hydrogen-bond donors (Lipinski definition) is 2. The number of benzene rings is 1. The van der Waals surface area contributed by atoms with Crippen LogP contribution in [0.4, 0.5) is 5.69 Å². The lowest BCUT2D eigenvalue weighted by atomic mass is 10.1. The number of carbonyl (C=O) groups is 2. The van der Waals surface area contributed by atoms with Crippen LogP contribution < -0.4 is 15.8 Å². The number of ether oxygens (including phenoxy) is 1. The van der Waals surface area contributed by atoms with Gasteiger partial charge in [-0.05, 0) is 24.2 Å². The van der Waals surface area contributed by atoms with Crippen LogP contribution in [0.25, 0.3) is 0 Å². The summed E-state index contributed by atoms with van der Waals surface area (Å²) in [6, 6.07) is 8.01. The third-order valence-corrected chi connectivity index (χ3v) is 2.42. The first-order chi connectivity index (χ1) is 9.56. The second-order valence-electron chi connectivity index (χ2n) is 4.02. The second-order valence-corrected chi connectivity index (χ2v) is 4.02. The van der Waals surface area contributed by atoms with E-state index in [1.165, 1.54) is 6.07 Å². The maximum absolute atomic E-state index is 11.7. The Kier molecular flexibility index (Phi) is 3.99. The molecule has 104 valence electrons. The second kappa shape index (κ2) is 5.87. The predicted molar refractivity (Wildman–Crippen MR) is 70.3 cm³/mol. The molecule has 0 atom stereocenters. The molecular weight excluding hydrogens is 262 g/mol. The number of anilines is 1. The molecule has 1 heterocycles. The van der Waals surface area contributed by atoms with Crippen molar-refractivity contribution in [1.82, 2.24) is 5.16 Å². The van der Waals surface area contributed by atoms with E-state index >= 15 is 0 Å². The molecule has 0 bridgehead atoms. The molecule has 0 spiro atoms. The van der Waals surface area contributed by atoms with E-state index in [4.69, 9.17) is 15.0 Å². The molecule has 0 aliphatic heterocycles. The van der Waals surface area contributed by atoms with E-state index in [9.17, 15) is 9.59 Å². The first-order valence-electron chi connectivity index (χ1n) is 5.81. The quantitative estimate of drug-likeness (QED) is 0.849. The van der Waals surface area contributed by atoms with Crippen molar-refractivity contribution in [3.05, 3.63) is 41.7 Å². The highest BCUT2D eigenvalue weighted by atomic mass is 16.5. The molecule has 7 heteroatoms. The molecule has 2 rings (SSSR count). The normalized spacial score (nSPS) is 10.1. The van der Waals surface area contributed by atoms with Crippen LogP contribution in [-0.4, -0.2) is 23.6 Å². The van der Waals surface area contributed by atoms with Crippen molar-refractivity contribution in [2.24, 2.45) is 5.73 Å². The maximum atomic E-state index is 11.7. The fourth-order valence-corrected chi connectivity index (χ4v) is 1.54. The van der Waals surface area contributed by atoms with Crippen LogP contribution in [0.2, 0.25) is 0 Å². The van der Waals surface area contributed by atoms with Gasteiger partial charge in [0.05, 0.1) is 11.3 Å². The van der Waals surface area contributed by atoms with Gasteiger partial charge in [-0.2, -0.15) is 0 Å². The lowest BCUT2D eigenvalue weighted by molar-refractivity contribution is -0.118. The summed E-state index contributed by atoms with van der Waals surface area (Å²) in [5.41, 5.74) is 5.79. The van der Waals surface area contributed by atoms with Gasteiger partial charge in [-0.25, -0.2) is 0 Å². The average molecular weight is 275 g/mol. The van der Waals surface area contributed by atoms with Gasteiger partial charge in [0.1, 0.15) is 5.76 Å². The van der Waals surface area contributed by atoms with E-state index in [0.717, 1.165) is 0 Å². The van der Waals surface area contributed by atoms with Gasteiger partial charge in [0.25, 0.3) is 17.7 Å². The number of nitrogens with one attached hydrogen (secondary N) is 1. The molecule has 0 unspecified atom stereocenters. The van der Waals surface area contributed by atoms with Crippen molar-refractivity contribution in [2.75, 3.05) is 11.9 Å². The molecule has 7 nitrogen and oxygen atoms in total. The highest BCUT2D eigenvalue weighted by molar-refractivity contribution is 6.03. The summed E-state index contributed by atoms with van der Waals surface area (Å²) in [4.78, 5) is 22.9. The molecule has 1 aromatic carbocycles. The summed E-state index contributed by atoms with van der Waals surface area (Å²) >= 11 is 0. The number of primary amides is 1. The Morgan fingerprint density at radius 3 is 2.80 bits per heavy atom. The monoisotopic (exact) mass is 275 g/mol. The Morgan fingerprint density at radius 2 is 2.15 bits per heavy atom. The molecular formula is C13H13N3O4. The lowest BCUT2D eigenvalue weighted by Gasteiger charge is -2.08. The molecule has 3 N–H and O–H groups in total. The van der Waals surface area contributed by atoms with Gasteiger partial charge in [-0.3, -0.25) is 9.59 Å². The number of amides is 2. The van der Waals surface area contributed by atoms with E-state index in [1.54, 1.807) is 31.2 Å². The number of nitrogens with two attached hydrogens (primary N) is 1. The standard InChI is InChI=1S/C13H13N3O4/c1-8-6-12(16-20-8)19-7-11(17)15-10-5-3-2-4-9(10)13(14)18/h2-6H,7H2,1H3,(H2,14,18)(H,15,17). The SMILES string of the molecule is Cc1cc(OCC(=O)Nc2ccccc2C(N)=O)no1. The molecule has 1 aromatic heterocycles. The fraction of sp³-hybridized carbons (Fsp3) is 0.154. The molecule has 0 aliphatic carbocycles. The van der Waals surface area contributed by atoms with E-state index in [-0.39, 0.29) is 18.1 Å². The van der Waals surface area contributed by atoms with Crippen LogP contribution in [-0.2, 0) is 4.79 Å². The van der Waals surface area contributed by atoms with Crippen LogP contribution in [0.5, 0.6) is 5.88 Å². The van der Waals surface area contributed by atoms with Gasteiger partial charge in [0.2, 0.25) is 0 Å². The highest BCUT2D eigenvalue weighted by Crippen LogP contribution is 2.14. The van der Waals surface area contributed by atoms with Crippen LogP contribution in [0.1, 0.15) is 16.1 Å². The van der Waals surface area contributed by atoms with E-state index < -0.39 is 11.8 Å². The summed E-state index contributed by atoms with van der Waals surface area (Å²) < 4.78 is 9.93. The Balaban J connectivity index is 1.96. The maximum Gasteiger partial charge on any atom is 0.262 e. The first kappa shape index (κ1) is 13.6. The molecule has 20 heavy (non-hydrogen) atoms. The first-order valence-corrected chi connectivity index (χ1v) is 5.81. The largest absolute Gasteiger partial charge is 0.465 e. The number of aryl methyl sites for hydroxylation is 1. The fourth-order valence-electron chi connectivity index (χ4n) is 1.54. The van der Waals surface area contributed by atoms with Crippen molar-refractivity contribution in [2.45, 2.75) is 6.92 Å². The molecule has 0 saturated heterocycles. The van der Waals surface area contributed by atoms with Gasteiger partial charge in [0.15, 0.2) is 6.61 Å². The molecule has 2 aromatic rings. The van der Waals surface area contributed by atoms with Crippen LogP contribution in [0.3, 0.4) is 0 Å². The average Bonchev–Trinajstić information content (AvgIpc) is 2.83. The topological polar surface area (TPSA) is 107 Å². The van der Waals surface area contributed by atoms with Crippen LogP contribution in [0, 0.1) is 6.92 Å². The minimum Gasteiger partial charge on any atom is -0.465 e. The number of para-hydroxylation sites is 1. The van der Waals surface area contributed by atoms with Gasteiger partial charge in [-0.15, -0.1) is 0 Å². The van der Waals surface area contributed by atoms with Gasteiger partial charge in [0, 0.05) is 6.07 Å². The molecule has 0 radical (unpaired) electrons. The van der Waals surface area contributed by atoms with Crippen molar-refractivity contribution in [3.63, 3.8) is 0 Å². The van der Waals surface area contributed by atoms with E-state index in [0.29, 0.717) is 11.4 Å². The summed E-state index contributed by atoms with van der Waals surface area (Å²) in [5.74, 6) is -0.242. The highest BCUT2D eigenvalue weighted by Gasteiger charge is 2.11. The number of rotatable bonds is 5. The zero-order chi connectivity index (χ0) is 14.5. The minimum atomic E-state index is -0.617. The van der Waals surface area contributed by atoms with Gasteiger partial charge in [-0.1, -0.05) is 12.1 Å². The Hall–Kier alpha value is -2.83. The zero-order valence-corrected chi connectivity index (χ0v) is 10.8. The molecule has 0 aliphatic rings. The summed E-state index contributed by atoms with van der Waals surface area (Å²) in [6.07, 6.45) is 0. The lowest BCUT2D eigenvalue weighted by Crippen LogP contribution is -2.22. The Morgan fingerprint density at radius 1 is 1.40 bits per heavy atom. The number of carbonyl (C=O) groups excluding carboxylic acids is 2. The third-order valence-electron chi connectivity index (χ3n) is 2.42. The molecule has 0 saturated carbocycles. The smallest absolute Gasteiger partial charge is 0.262 e. The van der Waals surface area contributed by atoms with Crippen molar-refractivity contribution >= 4 is 17.5 Å². The van der Waals surface area contributed by atoms with Gasteiger partial charge < -0.3 is 20.3 Å². The zero-order valence-electron chi connectivity index (χ0n) is 10.8. The molecule has 2 amide bonds. The van der Waals surface area contributed by atoms with E-state index in [2.05, 4.69) is 10.5 Å². The van der Waals surface area contributed by atoms with Crippen molar-refractivity contribution in [3.8, 4) is 5.88 Å². The summed E-state index contributed by atoms with van der Waals surface area (Å²) in [6.45, 7) is 1.46. The number of aromatic nitrogens is 1. The Labute approximate surface area is 114 Å². The predicted octanol–water partition coefficient (Wildman–Crippen LogP) is 1.10. The van der Waals surface area contributed by atoms with Gasteiger partial charge >= 0.3 is 0 Å². The Bertz CT molecular complexity index is 636. The van der Waals surface area contributed by atoms with Crippen molar-refractivity contribution < 1.29 is 18.8 Å². The van der Waals surface area contributed by atoms with Crippen molar-refractivity contribution in [1.29, 1.82) is 0 Å². The van der Waals surface area contributed by atoms with Crippen LogP contribution in [0.15, 0.2) is 34.9 Å². The minimum absolute atomic E-state index is 0.223. The molecule has 0 fully saturated rings. The van der Waals surface area contributed by atoms with Crippen LogP contribution >= 0.6 is 0 Å².